The predicted octanol–water partition coefficient (Wildman–Crippen LogP) is 4.25. The zero-order chi connectivity index (χ0) is 17.5. The summed E-state index contributed by atoms with van der Waals surface area (Å²) in [5.74, 6) is 0.954. The van der Waals surface area contributed by atoms with Crippen LogP contribution in [0.15, 0.2) is 24.4 Å². The molecule has 1 unspecified atom stereocenters. The number of aromatic amines is 1. The fraction of sp³-hybridized carbons (Fsp3) is 0.500. The molecule has 5 rings (SSSR count). The monoisotopic (exact) mass is 368 g/mol. The van der Waals surface area contributed by atoms with E-state index in [0.29, 0.717) is 11.9 Å². The van der Waals surface area contributed by atoms with Crippen molar-refractivity contribution in [2.45, 2.75) is 56.2 Å². The van der Waals surface area contributed by atoms with Crippen LogP contribution in [0.1, 0.15) is 50.5 Å². The summed E-state index contributed by atoms with van der Waals surface area (Å²) in [7, 11) is 0. The second-order valence-corrected chi connectivity index (χ2v) is 8.83. The zero-order valence-electron chi connectivity index (χ0n) is 14.8. The maximum absolute atomic E-state index is 12.1. The van der Waals surface area contributed by atoms with E-state index in [0.717, 1.165) is 48.4 Å². The van der Waals surface area contributed by atoms with Crippen LogP contribution in [-0.2, 0) is 4.79 Å². The first-order valence-corrected chi connectivity index (χ1v) is 10.5. The van der Waals surface area contributed by atoms with Gasteiger partial charge in [-0.15, -0.1) is 0 Å². The van der Waals surface area contributed by atoms with Crippen LogP contribution in [0.3, 0.4) is 0 Å². The number of carbonyl (C=O) groups is 1. The fourth-order valence-corrected chi connectivity index (χ4v) is 4.48. The molecule has 0 spiro atoms. The average Bonchev–Trinajstić information content (AvgIpc) is 3.57. The van der Waals surface area contributed by atoms with Gasteiger partial charge in [-0.3, -0.25) is 9.52 Å². The van der Waals surface area contributed by atoms with Crippen LogP contribution in [0.4, 0.5) is 5.82 Å². The zero-order valence-corrected chi connectivity index (χ0v) is 15.6. The van der Waals surface area contributed by atoms with Crippen LogP contribution in [0.25, 0.3) is 16.6 Å². The molecule has 1 amide bonds. The first kappa shape index (κ1) is 16.4. The number of amides is 1. The van der Waals surface area contributed by atoms with Crippen molar-refractivity contribution in [2.24, 2.45) is 5.92 Å². The van der Waals surface area contributed by atoms with Gasteiger partial charge in [-0.1, -0.05) is 18.0 Å². The van der Waals surface area contributed by atoms with Gasteiger partial charge in [0.15, 0.2) is 0 Å². The highest BCUT2D eigenvalue weighted by molar-refractivity contribution is 7.98. The Hall–Kier alpha value is -1.79. The number of allylic oxidation sites excluding steroid dienone is 1. The Kier molecular flexibility index (Phi) is 4.25. The van der Waals surface area contributed by atoms with Crippen LogP contribution >= 0.6 is 11.9 Å². The maximum atomic E-state index is 12.1. The number of hydrogen-bond donors (Lipinski definition) is 3. The summed E-state index contributed by atoms with van der Waals surface area (Å²) in [4.78, 5) is 19.9. The normalized spacial score (nSPS) is 23.1. The number of pyridine rings is 1. The molecule has 0 aromatic carbocycles. The summed E-state index contributed by atoms with van der Waals surface area (Å²) in [5, 5.41) is 4.98. The van der Waals surface area contributed by atoms with Gasteiger partial charge in [-0.05, 0) is 68.2 Å². The molecule has 2 saturated carbocycles. The van der Waals surface area contributed by atoms with Gasteiger partial charge in [0.1, 0.15) is 11.5 Å². The van der Waals surface area contributed by atoms with E-state index in [1.54, 1.807) is 0 Å². The molecule has 26 heavy (non-hydrogen) atoms. The predicted molar refractivity (Wildman–Crippen MR) is 107 cm³/mol. The minimum atomic E-state index is 0.105. The summed E-state index contributed by atoms with van der Waals surface area (Å²) in [5.41, 5.74) is 3.42. The Morgan fingerprint density at radius 2 is 2.12 bits per heavy atom. The molecular formula is C20H24N4OS. The number of fused-ring (bicyclic) bond motifs is 1. The van der Waals surface area contributed by atoms with Gasteiger partial charge in [-0.25, -0.2) is 4.98 Å². The molecule has 2 aromatic heterocycles. The first-order valence-electron chi connectivity index (χ1n) is 9.66. The van der Waals surface area contributed by atoms with Gasteiger partial charge in [0, 0.05) is 28.8 Å². The van der Waals surface area contributed by atoms with Gasteiger partial charge >= 0.3 is 0 Å². The lowest BCUT2D eigenvalue weighted by atomic mass is 9.90. The Bertz CT molecular complexity index is 866. The molecule has 0 bridgehead atoms. The van der Waals surface area contributed by atoms with E-state index >= 15 is 0 Å². The molecule has 136 valence electrons. The molecule has 2 heterocycles. The molecule has 0 radical (unpaired) electrons. The van der Waals surface area contributed by atoms with Crippen molar-refractivity contribution in [3.8, 4) is 0 Å². The molecule has 0 aliphatic heterocycles. The van der Waals surface area contributed by atoms with Crippen LogP contribution in [0.2, 0.25) is 0 Å². The van der Waals surface area contributed by atoms with Gasteiger partial charge < -0.3 is 10.3 Å². The van der Waals surface area contributed by atoms with Crippen molar-refractivity contribution < 1.29 is 4.79 Å². The van der Waals surface area contributed by atoms with Crippen molar-refractivity contribution in [3.05, 3.63) is 30.0 Å². The number of aromatic nitrogens is 2. The van der Waals surface area contributed by atoms with E-state index in [1.165, 1.54) is 24.0 Å². The van der Waals surface area contributed by atoms with Crippen LogP contribution in [-0.4, -0.2) is 27.2 Å². The minimum Gasteiger partial charge on any atom is -0.346 e. The summed E-state index contributed by atoms with van der Waals surface area (Å²) < 4.78 is 3.64. The summed E-state index contributed by atoms with van der Waals surface area (Å²) >= 11 is 1.93. The van der Waals surface area contributed by atoms with Crippen molar-refractivity contribution in [1.29, 1.82) is 0 Å². The molecule has 3 aliphatic rings. The largest absolute Gasteiger partial charge is 0.346 e. The van der Waals surface area contributed by atoms with E-state index in [2.05, 4.69) is 38.2 Å². The van der Waals surface area contributed by atoms with E-state index in [-0.39, 0.29) is 11.8 Å². The molecular weight excluding hydrogens is 344 g/mol. The third-order valence-electron chi connectivity index (χ3n) is 5.41. The van der Waals surface area contributed by atoms with Crippen LogP contribution in [0, 0.1) is 5.92 Å². The van der Waals surface area contributed by atoms with E-state index in [1.807, 2.05) is 18.1 Å². The quantitative estimate of drug-likeness (QED) is 0.667. The highest BCUT2D eigenvalue weighted by Gasteiger charge is 2.30. The van der Waals surface area contributed by atoms with Crippen molar-refractivity contribution in [2.75, 3.05) is 5.32 Å². The topological polar surface area (TPSA) is 69.8 Å². The number of hydrogen-bond acceptors (Lipinski definition) is 4. The average molecular weight is 369 g/mol. The SMILES string of the molecule is O=C(Nc1cc(C2=CCC(NSC3CC3)CC2)c2cc[nH]c2n1)C1CC1. The lowest BCUT2D eigenvalue weighted by molar-refractivity contribution is -0.117. The smallest absolute Gasteiger partial charge is 0.228 e. The third kappa shape index (κ3) is 3.53. The fourth-order valence-electron chi connectivity index (χ4n) is 3.51. The molecule has 3 aliphatic carbocycles. The summed E-state index contributed by atoms with van der Waals surface area (Å²) in [6.45, 7) is 0. The van der Waals surface area contributed by atoms with Crippen molar-refractivity contribution >= 4 is 40.3 Å². The van der Waals surface area contributed by atoms with E-state index < -0.39 is 0 Å². The van der Waals surface area contributed by atoms with Crippen LogP contribution < -0.4 is 10.0 Å². The maximum Gasteiger partial charge on any atom is 0.228 e. The first-order chi connectivity index (χ1) is 12.8. The van der Waals surface area contributed by atoms with Gasteiger partial charge in [0.05, 0.1) is 0 Å². The van der Waals surface area contributed by atoms with E-state index in [4.69, 9.17) is 0 Å². The Morgan fingerprint density at radius 3 is 2.85 bits per heavy atom. The third-order valence-corrected chi connectivity index (χ3v) is 6.68. The summed E-state index contributed by atoms with van der Waals surface area (Å²) in [6.07, 6.45) is 12.3. The second-order valence-electron chi connectivity index (χ2n) is 7.69. The lowest BCUT2D eigenvalue weighted by Crippen LogP contribution is -2.25. The number of carbonyl (C=O) groups excluding carboxylic acids is 1. The number of nitrogens with one attached hydrogen (secondary N) is 3. The van der Waals surface area contributed by atoms with Crippen LogP contribution in [0.5, 0.6) is 0 Å². The standard InChI is InChI=1S/C20H24N4OS/c25-20(13-1-2-13)23-18-11-17(16-9-10-21-19(16)22-18)12-3-5-14(6-4-12)24-26-15-7-8-15/h3,9-11,13-15,24H,1-2,4-8H2,(H2,21,22,23,25). The van der Waals surface area contributed by atoms with Gasteiger partial charge in [-0.2, -0.15) is 0 Å². The summed E-state index contributed by atoms with van der Waals surface area (Å²) in [6, 6.07) is 4.70. The van der Waals surface area contributed by atoms with Crippen molar-refractivity contribution in [1.82, 2.24) is 14.7 Å². The molecule has 2 fully saturated rings. The molecule has 3 N–H and O–H groups in total. The molecule has 6 heteroatoms. The molecule has 0 saturated heterocycles. The Balaban J connectivity index is 1.36. The molecule has 5 nitrogen and oxygen atoms in total. The van der Waals surface area contributed by atoms with E-state index in [9.17, 15) is 4.79 Å². The highest BCUT2D eigenvalue weighted by atomic mass is 32.2. The second kappa shape index (κ2) is 6.74. The number of rotatable bonds is 6. The van der Waals surface area contributed by atoms with Gasteiger partial charge in [0.25, 0.3) is 0 Å². The lowest BCUT2D eigenvalue weighted by Gasteiger charge is -2.23. The number of H-pyrrole nitrogens is 1. The molecule has 2 aromatic rings. The number of nitrogens with zero attached hydrogens (tertiary/aromatic N) is 1. The highest BCUT2D eigenvalue weighted by Crippen LogP contribution is 2.36. The van der Waals surface area contributed by atoms with Gasteiger partial charge in [0.2, 0.25) is 5.91 Å². The number of anilines is 1. The van der Waals surface area contributed by atoms with Crippen molar-refractivity contribution in [3.63, 3.8) is 0 Å². The Labute approximate surface area is 157 Å². The molecule has 1 atom stereocenters. The minimum absolute atomic E-state index is 0.105. The Morgan fingerprint density at radius 1 is 1.23 bits per heavy atom.